The Bertz CT molecular complexity index is 37.9. The van der Waals surface area contributed by atoms with Crippen molar-refractivity contribution < 1.29 is 14.1 Å². The minimum atomic E-state index is -3.63. The fourth-order valence-electron chi connectivity index (χ4n) is 0. The van der Waals surface area contributed by atoms with Gasteiger partial charge in [0.1, 0.15) is 0 Å². The summed E-state index contributed by atoms with van der Waals surface area (Å²) in [6.07, 6.45) is 0. The average Bonchev–Trinajstić information content (AvgIpc) is 0.811. The van der Waals surface area contributed by atoms with Crippen LogP contribution in [0.4, 0.5) is 0 Å². The molecule has 0 saturated carbocycles. The van der Waals surface area contributed by atoms with Crippen molar-refractivity contribution in [2.24, 2.45) is 0 Å². The first kappa shape index (κ1) is 22.7. The van der Waals surface area contributed by atoms with Gasteiger partial charge in [-0.05, 0) is 0 Å². The minimum Gasteiger partial charge on any atom is 2.00 e. The molecule has 0 fully saturated rings. The van der Waals surface area contributed by atoms with Gasteiger partial charge in [-0.1, -0.05) is 0 Å². The molecule has 0 N–H and O–H groups in total. The molecule has 7 heavy (non-hydrogen) atoms. The van der Waals surface area contributed by atoms with E-state index in [1.165, 1.54) is 0 Å². The molecule has 29 valence electrons. The summed E-state index contributed by atoms with van der Waals surface area (Å²) in [6, 6.07) is 0. The second kappa shape index (κ2) is 15.8. The Morgan fingerprint density at radius 1 is 1.29 bits per heavy atom. The van der Waals surface area contributed by atoms with Crippen LogP contribution in [-0.2, 0) is 4.46 Å². The van der Waals surface area contributed by atoms with Crippen molar-refractivity contribution in [3.8, 4) is 0 Å². The molecule has 0 aliphatic heterocycles. The summed E-state index contributed by atoms with van der Waals surface area (Å²) in [4.78, 5) is 17.0. The first-order chi connectivity index (χ1) is 1.73. The zero-order valence-electron chi connectivity index (χ0n) is 3.01. The molecule has 0 aliphatic rings. The Kier molecular flexibility index (Phi) is 51.2. The van der Waals surface area contributed by atoms with Gasteiger partial charge in [-0.2, -0.15) is 0 Å². The molecule has 7 heteroatoms. The van der Waals surface area contributed by atoms with E-state index >= 15 is 0 Å². The largest absolute Gasteiger partial charge is 2.00 e. The second-order valence-electron chi connectivity index (χ2n) is 0.250. The molecule has 0 unspecified atom stereocenters. The zero-order valence-corrected chi connectivity index (χ0v) is 6.58. The third-order valence-corrected chi connectivity index (χ3v) is 0. The van der Waals surface area contributed by atoms with Gasteiger partial charge in [0, 0.05) is 26.5 Å². The van der Waals surface area contributed by atoms with Crippen LogP contribution >= 0.6 is 0 Å². The third-order valence-electron chi connectivity index (χ3n) is 0. The van der Waals surface area contributed by atoms with E-state index in [1.807, 2.05) is 0 Å². The summed E-state index contributed by atoms with van der Waals surface area (Å²) >= 11 is 0. The summed E-state index contributed by atoms with van der Waals surface area (Å²) in [7, 11) is -3.63. The van der Waals surface area contributed by atoms with E-state index in [0.717, 1.165) is 0 Å². The van der Waals surface area contributed by atoms with Crippen molar-refractivity contribution in [3.05, 3.63) is 0 Å². The Morgan fingerprint density at radius 3 is 1.29 bits per heavy atom. The van der Waals surface area contributed by atoms with Crippen molar-refractivity contribution in [2.75, 3.05) is 0 Å². The van der Waals surface area contributed by atoms with E-state index in [-0.39, 0.29) is 91.8 Å². The summed E-state index contributed by atoms with van der Waals surface area (Å²) in [6.45, 7) is 0. The number of rotatable bonds is 0. The van der Waals surface area contributed by atoms with Crippen LogP contribution in [-0.4, -0.2) is 101 Å². The molecule has 0 aromatic rings. The summed E-state index contributed by atoms with van der Waals surface area (Å²) in [5.41, 5.74) is 0. The predicted octanol–water partition coefficient (Wildman–Crippen LogP) is -4.29. The fraction of sp³-hybridized carbons (Fsp3) is 0. The molecule has 0 spiro atoms. The van der Waals surface area contributed by atoms with Crippen molar-refractivity contribution >= 4 is 101 Å². The summed E-state index contributed by atoms with van der Waals surface area (Å²) < 4.78 is 8.52. The number of hydrogen-bond donors (Lipinski definition) is 0. The van der Waals surface area contributed by atoms with Gasteiger partial charge >= 0.3 is 74.4 Å². The molecule has 3 nitrogen and oxygen atoms in total. The zero-order chi connectivity index (χ0) is 3.58. The Balaban J connectivity index is -0.0000000150. The van der Waals surface area contributed by atoms with Crippen molar-refractivity contribution in [1.29, 1.82) is 0 Å². The maximum absolute atomic E-state index is 8.52. The van der Waals surface area contributed by atoms with Crippen LogP contribution in [0.3, 0.4) is 0 Å². The van der Waals surface area contributed by atoms with E-state index in [2.05, 4.69) is 0 Å². The molecule has 0 heterocycles. The van der Waals surface area contributed by atoms with E-state index in [4.69, 9.17) is 14.1 Å². The molecular weight excluding hydrogens is 166 g/mol. The molecule has 0 rings (SSSR count). The van der Waals surface area contributed by atoms with Crippen molar-refractivity contribution in [3.63, 3.8) is 0 Å². The first-order valence-corrected chi connectivity index (χ1v) is 1.84. The maximum Gasteiger partial charge on any atom is 2.00 e. The van der Waals surface area contributed by atoms with Crippen molar-refractivity contribution in [2.45, 2.75) is 0 Å². The normalized spacial score (nSPS) is 3.43. The van der Waals surface area contributed by atoms with Gasteiger partial charge in [0.15, 0.2) is 0 Å². The van der Waals surface area contributed by atoms with Gasteiger partial charge in [0.05, 0.1) is 0 Å². The van der Waals surface area contributed by atoms with Gasteiger partial charge in [0.2, 0.25) is 0 Å². The third kappa shape index (κ3) is 56.4. The maximum atomic E-state index is 8.52. The Labute approximate surface area is 112 Å². The van der Waals surface area contributed by atoms with E-state index in [1.54, 1.807) is 0 Å². The molecule has 0 saturated heterocycles. The molecule has 0 aliphatic carbocycles. The molecule has 3 radical (unpaired) electrons. The monoisotopic (exact) mass is 167 g/mol. The molecule has 0 atom stereocenters. The predicted molar refractivity (Wildman–Crippen MR) is 25.1 cm³/mol. The van der Waals surface area contributed by atoms with Gasteiger partial charge in [-0.25, -0.2) is 0 Å². The van der Waals surface area contributed by atoms with E-state index in [9.17, 15) is 0 Å². The summed E-state index contributed by atoms with van der Waals surface area (Å²) in [5, 5.41) is 0. The van der Waals surface area contributed by atoms with Crippen LogP contribution in [0.2, 0.25) is 0 Å². The molecule has 0 aromatic carbocycles. The quantitative estimate of drug-likeness (QED) is 0.343. The fourth-order valence-corrected chi connectivity index (χ4v) is 0. The molecule has 0 bridgehead atoms. The van der Waals surface area contributed by atoms with Crippen LogP contribution in [0, 0.1) is 0 Å². The van der Waals surface area contributed by atoms with Crippen LogP contribution in [0.5, 0.6) is 0 Å². The molecule has 0 aromatic heterocycles. The molecular formula is HAlKMgO3Si. The number of hydrogen-bond acceptors (Lipinski definition) is 3. The standard InChI is InChI=1S/Al.K.Mg.O3Si.H/c;;;1-4(2)3;/q;;+2;-2;. The van der Waals surface area contributed by atoms with Gasteiger partial charge < -0.3 is 14.1 Å². The second-order valence-corrected chi connectivity index (χ2v) is 0.750. The Hall–Kier alpha value is 2.55. The van der Waals surface area contributed by atoms with Crippen LogP contribution in [0.1, 0.15) is 0 Å². The average molecular weight is 167 g/mol. The van der Waals surface area contributed by atoms with E-state index in [0.29, 0.717) is 0 Å². The van der Waals surface area contributed by atoms with Gasteiger partial charge in [-0.15, -0.1) is 0 Å². The van der Waals surface area contributed by atoms with Gasteiger partial charge in [-0.3, -0.25) is 0 Å². The molecule has 0 amide bonds. The summed E-state index contributed by atoms with van der Waals surface area (Å²) in [5.74, 6) is 0. The smallest absolute Gasteiger partial charge is 2.00 e. The van der Waals surface area contributed by atoms with Crippen LogP contribution in [0.25, 0.3) is 0 Å². The van der Waals surface area contributed by atoms with Crippen LogP contribution < -0.4 is 9.59 Å². The first-order valence-electron chi connectivity index (χ1n) is 0.612. The minimum absolute atomic E-state index is 0. The van der Waals surface area contributed by atoms with Crippen molar-refractivity contribution in [1.82, 2.24) is 0 Å². The van der Waals surface area contributed by atoms with Gasteiger partial charge in [0.25, 0.3) is 0 Å². The van der Waals surface area contributed by atoms with Crippen LogP contribution in [0.15, 0.2) is 0 Å². The topological polar surface area (TPSA) is 63.2 Å². The SMILES string of the molecule is O=[Si]([O-])[O-].[Al].[KH].[Mg+2]. The van der Waals surface area contributed by atoms with E-state index < -0.39 is 9.17 Å². The Morgan fingerprint density at radius 2 is 1.29 bits per heavy atom.